The van der Waals surface area contributed by atoms with Crippen molar-refractivity contribution in [2.45, 2.75) is 26.2 Å². The second-order valence-electron chi connectivity index (χ2n) is 4.68. The predicted octanol–water partition coefficient (Wildman–Crippen LogP) is 3.95. The number of benzene rings is 2. The maximum Gasteiger partial charge on any atom is 0.343 e. The van der Waals surface area contributed by atoms with Gasteiger partial charge < -0.3 is 9.84 Å². The highest BCUT2D eigenvalue weighted by molar-refractivity contribution is 5.91. The van der Waals surface area contributed by atoms with Gasteiger partial charge in [-0.15, -0.1) is 0 Å². The fourth-order valence-corrected chi connectivity index (χ4v) is 1.87. The molecule has 1 N–H and O–H groups in total. The van der Waals surface area contributed by atoms with Crippen molar-refractivity contribution < 1.29 is 14.6 Å². The van der Waals surface area contributed by atoms with E-state index in [1.165, 1.54) is 29.8 Å². The van der Waals surface area contributed by atoms with E-state index in [-0.39, 0.29) is 5.75 Å². The zero-order valence-electron chi connectivity index (χ0n) is 11.5. The normalized spacial score (nSPS) is 10.2. The Morgan fingerprint density at radius 1 is 1.05 bits per heavy atom. The van der Waals surface area contributed by atoms with Crippen LogP contribution in [0.5, 0.6) is 11.5 Å². The molecule has 2 aromatic rings. The van der Waals surface area contributed by atoms with Crippen LogP contribution < -0.4 is 4.74 Å². The Bertz CT molecular complexity index is 556. The minimum atomic E-state index is -0.425. The van der Waals surface area contributed by atoms with E-state index in [9.17, 15) is 9.90 Å². The standard InChI is InChI=1S/C17H18O3/c1-2-3-4-13-5-11-16(12-6-13)20-17(19)14-7-9-15(18)10-8-14/h5-12,18H,2-4H2,1H3. The second kappa shape index (κ2) is 6.75. The molecule has 0 heterocycles. The zero-order chi connectivity index (χ0) is 14.4. The number of carbonyl (C=O) groups is 1. The number of aryl methyl sites for hydroxylation is 1. The molecule has 0 aliphatic heterocycles. The molecule has 3 heteroatoms. The number of carbonyl (C=O) groups excluding carboxylic acids is 1. The number of hydrogen-bond acceptors (Lipinski definition) is 3. The van der Waals surface area contributed by atoms with E-state index >= 15 is 0 Å². The van der Waals surface area contributed by atoms with Crippen LogP contribution in [0.2, 0.25) is 0 Å². The number of phenols is 1. The van der Waals surface area contributed by atoms with Crippen LogP contribution in [0.15, 0.2) is 48.5 Å². The maximum atomic E-state index is 11.9. The first-order valence-electron chi connectivity index (χ1n) is 6.79. The van der Waals surface area contributed by atoms with Gasteiger partial charge in [-0.3, -0.25) is 0 Å². The van der Waals surface area contributed by atoms with Crippen molar-refractivity contribution in [2.24, 2.45) is 0 Å². The highest BCUT2D eigenvalue weighted by atomic mass is 16.5. The molecule has 2 rings (SSSR count). The monoisotopic (exact) mass is 270 g/mol. The van der Waals surface area contributed by atoms with Gasteiger partial charge >= 0.3 is 5.97 Å². The van der Waals surface area contributed by atoms with Crippen molar-refractivity contribution in [3.8, 4) is 11.5 Å². The van der Waals surface area contributed by atoms with Crippen LogP contribution in [0.3, 0.4) is 0 Å². The third-order valence-electron chi connectivity index (χ3n) is 3.06. The molecule has 0 atom stereocenters. The summed E-state index contributed by atoms with van der Waals surface area (Å²) >= 11 is 0. The molecule has 0 fully saturated rings. The summed E-state index contributed by atoms with van der Waals surface area (Å²) in [5.74, 6) is 0.233. The molecule has 20 heavy (non-hydrogen) atoms. The Hall–Kier alpha value is -2.29. The lowest BCUT2D eigenvalue weighted by Crippen LogP contribution is -2.08. The molecule has 2 aromatic carbocycles. The number of hydrogen-bond donors (Lipinski definition) is 1. The van der Waals surface area contributed by atoms with Gasteiger partial charge in [0, 0.05) is 0 Å². The minimum Gasteiger partial charge on any atom is -0.508 e. The van der Waals surface area contributed by atoms with Gasteiger partial charge in [0.15, 0.2) is 0 Å². The molecule has 0 bridgehead atoms. The second-order valence-corrected chi connectivity index (χ2v) is 4.68. The smallest absolute Gasteiger partial charge is 0.343 e. The van der Waals surface area contributed by atoms with Crippen molar-refractivity contribution in [1.29, 1.82) is 0 Å². The van der Waals surface area contributed by atoms with Gasteiger partial charge in [-0.05, 0) is 54.8 Å². The maximum absolute atomic E-state index is 11.9. The van der Waals surface area contributed by atoms with Crippen molar-refractivity contribution in [3.05, 3.63) is 59.7 Å². The van der Waals surface area contributed by atoms with Gasteiger partial charge in [-0.25, -0.2) is 4.79 Å². The summed E-state index contributed by atoms with van der Waals surface area (Å²) in [4.78, 5) is 11.9. The van der Waals surface area contributed by atoms with Crippen molar-refractivity contribution >= 4 is 5.97 Å². The first kappa shape index (κ1) is 14.1. The molecule has 0 aromatic heterocycles. The molecule has 104 valence electrons. The quantitative estimate of drug-likeness (QED) is 0.661. The average Bonchev–Trinajstić information content (AvgIpc) is 2.47. The molecule has 0 unspecified atom stereocenters. The molecule has 3 nitrogen and oxygen atoms in total. The summed E-state index contributed by atoms with van der Waals surface area (Å²) in [7, 11) is 0. The molecule has 0 aliphatic carbocycles. The lowest BCUT2D eigenvalue weighted by atomic mass is 10.1. The lowest BCUT2D eigenvalue weighted by molar-refractivity contribution is 0.0734. The van der Waals surface area contributed by atoms with Crippen molar-refractivity contribution in [1.82, 2.24) is 0 Å². The molecule has 0 saturated carbocycles. The van der Waals surface area contributed by atoms with Crippen molar-refractivity contribution in [2.75, 3.05) is 0 Å². The van der Waals surface area contributed by atoms with E-state index in [4.69, 9.17) is 4.74 Å². The fraction of sp³-hybridized carbons (Fsp3) is 0.235. The number of esters is 1. The van der Waals surface area contributed by atoms with Crippen LogP contribution in [0, 0.1) is 0 Å². The topological polar surface area (TPSA) is 46.5 Å². The van der Waals surface area contributed by atoms with Gasteiger partial charge in [-0.2, -0.15) is 0 Å². The highest BCUT2D eigenvalue weighted by Crippen LogP contribution is 2.16. The Kier molecular flexibility index (Phi) is 4.77. The molecular weight excluding hydrogens is 252 g/mol. The first-order chi connectivity index (χ1) is 9.69. The Balaban J connectivity index is 1.99. The fourth-order valence-electron chi connectivity index (χ4n) is 1.87. The van der Waals surface area contributed by atoms with Crippen LogP contribution in [-0.2, 0) is 6.42 Å². The number of phenolic OH excluding ortho intramolecular Hbond substituents is 1. The number of aromatic hydroxyl groups is 1. The van der Waals surface area contributed by atoms with Gasteiger partial charge in [-0.1, -0.05) is 25.5 Å². The van der Waals surface area contributed by atoms with E-state index in [1.54, 1.807) is 0 Å². The summed E-state index contributed by atoms with van der Waals surface area (Å²) in [5.41, 5.74) is 1.66. The molecular formula is C17H18O3. The summed E-state index contributed by atoms with van der Waals surface area (Å²) in [6.07, 6.45) is 3.37. The number of ether oxygens (including phenoxy) is 1. The van der Waals surface area contributed by atoms with E-state index in [1.807, 2.05) is 24.3 Å². The van der Waals surface area contributed by atoms with Crippen LogP contribution >= 0.6 is 0 Å². The van der Waals surface area contributed by atoms with Gasteiger partial charge in [0.05, 0.1) is 5.56 Å². The molecule has 0 aliphatic rings. The highest BCUT2D eigenvalue weighted by Gasteiger charge is 2.08. The molecule has 0 radical (unpaired) electrons. The van der Waals surface area contributed by atoms with Crippen LogP contribution in [0.25, 0.3) is 0 Å². The third-order valence-corrected chi connectivity index (χ3v) is 3.06. The van der Waals surface area contributed by atoms with E-state index < -0.39 is 5.97 Å². The first-order valence-corrected chi connectivity index (χ1v) is 6.79. The van der Waals surface area contributed by atoms with E-state index in [0.717, 1.165) is 19.3 Å². The summed E-state index contributed by atoms with van der Waals surface area (Å²) in [5, 5.41) is 9.18. The Morgan fingerprint density at radius 2 is 1.70 bits per heavy atom. The molecule has 0 saturated heterocycles. The minimum absolute atomic E-state index is 0.127. The Morgan fingerprint density at radius 3 is 2.30 bits per heavy atom. The van der Waals surface area contributed by atoms with E-state index in [2.05, 4.69) is 6.92 Å². The lowest BCUT2D eigenvalue weighted by Gasteiger charge is -2.06. The van der Waals surface area contributed by atoms with Gasteiger partial charge in [0.25, 0.3) is 0 Å². The SMILES string of the molecule is CCCCc1ccc(OC(=O)c2ccc(O)cc2)cc1. The average molecular weight is 270 g/mol. The number of unbranched alkanes of at least 4 members (excludes halogenated alkanes) is 1. The van der Waals surface area contributed by atoms with Crippen LogP contribution in [0.1, 0.15) is 35.7 Å². The summed E-state index contributed by atoms with van der Waals surface area (Å²) < 4.78 is 5.28. The Labute approximate surface area is 118 Å². The summed E-state index contributed by atoms with van der Waals surface area (Å²) in [6, 6.07) is 13.6. The van der Waals surface area contributed by atoms with E-state index in [0.29, 0.717) is 11.3 Å². The molecule has 0 amide bonds. The largest absolute Gasteiger partial charge is 0.508 e. The van der Waals surface area contributed by atoms with Gasteiger partial charge in [0.2, 0.25) is 0 Å². The van der Waals surface area contributed by atoms with Crippen molar-refractivity contribution in [3.63, 3.8) is 0 Å². The van der Waals surface area contributed by atoms with Gasteiger partial charge in [0.1, 0.15) is 11.5 Å². The zero-order valence-corrected chi connectivity index (χ0v) is 11.5. The van der Waals surface area contributed by atoms with Crippen LogP contribution in [-0.4, -0.2) is 11.1 Å². The number of rotatable bonds is 5. The van der Waals surface area contributed by atoms with Crippen LogP contribution in [0.4, 0.5) is 0 Å². The predicted molar refractivity (Wildman–Crippen MR) is 78.1 cm³/mol. The molecule has 0 spiro atoms. The third kappa shape index (κ3) is 3.85. The summed E-state index contributed by atoms with van der Waals surface area (Å²) in [6.45, 7) is 2.16.